The third kappa shape index (κ3) is 4.03. The Kier molecular flexibility index (Phi) is 5.54. The van der Waals surface area contributed by atoms with Crippen molar-refractivity contribution in [1.29, 1.82) is 0 Å². The van der Waals surface area contributed by atoms with E-state index in [9.17, 15) is 9.18 Å². The van der Waals surface area contributed by atoms with Crippen LogP contribution in [-0.2, 0) is 4.79 Å². The molecule has 3 N–H and O–H groups in total. The number of hydrogen-bond acceptors (Lipinski definition) is 5. The van der Waals surface area contributed by atoms with Crippen molar-refractivity contribution in [3.05, 3.63) is 72.0 Å². The molecular formula is C27H21FN6OS. The van der Waals surface area contributed by atoms with Crippen LogP contribution in [0.15, 0.2) is 66.9 Å². The molecule has 0 unspecified atom stereocenters. The standard InChI is InChI=1S/C27H21FN6OS/c1-2-4-24(35)30-16-6-3-5-15(13-16)18-7-8-20-26(32-18)27(34-33-20)21-14-17-19(31-21)11-12-29-25(17)22-9-10-23(28)36-22/h3,5-14,31H,2,4H2,1H3,(H,30,35)(H,33,34). The molecule has 1 aromatic carbocycles. The number of rotatable bonds is 6. The topological polar surface area (TPSA) is 99.4 Å². The third-order valence-electron chi connectivity index (χ3n) is 5.94. The predicted octanol–water partition coefficient (Wildman–Crippen LogP) is 6.77. The molecule has 5 aromatic heterocycles. The van der Waals surface area contributed by atoms with Crippen LogP contribution in [0.1, 0.15) is 19.8 Å². The molecule has 0 radical (unpaired) electrons. The molecule has 0 spiro atoms. The van der Waals surface area contributed by atoms with Crippen molar-refractivity contribution in [3.63, 3.8) is 0 Å². The number of aromatic nitrogens is 5. The van der Waals surface area contributed by atoms with Gasteiger partial charge in [-0.05, 0) is 55.0 Å². The molecule has 0 bridgehead atoms. The van der Waals surface area contributed by atoms with Gasteiger partial charge in [0.15, 0.2) is 5.13 Å². The van der Waals surface area contributed by atoms with Crippen LogP contribution < -0.4 is 5.32 Å². The van der Waals surface area contributed by atoms with Crippen LogP contribution in [0.25, 0.3) is 55.2 Å². The van der Waals surface area contributed by atoms with Crippen LogP contribution in [0.4, 0.5) is 10.1 Å². The monoisotopic (exact) mass is 496 g/mol. The number of fused-ring (bicyclic) bond motifs is 2. The highest BCUT2D eigenvalue weighted by atomic mass is 32.1. The number of H-pyrrole nitrogens is 2. The number of nitrogens with zero attached hydrogens (tertiary/aromatic N) is 3. The number of carbonyl (C=O) groups is 1. The largest absolute Gasteiger partial charge is 0.353 e. The van der Waals surface area contributed by atoms with Gasteiger partial charge in [-0.2, -0.15) is 9.49 Å². The van der Waals surface area contributed by atoms with E-state index in [4.69, 9.17) is 4.98 Å². The van der Waals surface area contributed by atoms with Crippen LogP contribution >= 0.6 is 11.3 Å². The van der Waals surface area contributed by atoms with E-state index in [0.717, 1.165) is 72.9 Å². The summed E-state index contributed by atoms with van der Waals surface area (Å²) in [5.41, 5.74) is 6.98. The van der Waals surface area contributed by atoms with Crippen LogP contribution in [-0.4, -0.2) is 31.1 Å². The van der Waals surface area contributed by atoms with Gasteiger partial charge in [0.25, 0.3) is 0 Å². The van der Waals surface area contributed by atoms with Gasteiger partial charge >= 0.3 is 0 Å². The van der Waals surface area contributed by atoms with Crippen LogP contribution in [0.3, 0.4) is 0 Å². The van der Waals surface area contributed by atoms with Gasteiger partial charge < -0.3 is 10.3 Å². The average Bonchev–Trinajstić information content (AvgIpc) is 3.61. The van der Waals surface area contributed by atoms with Gasteiger partial charge in [0.1, 0.15) is 11.2 Å². The lowest BCUT2D eigenvalue weighted by molar-refractivity contribution is -0.116. The second-order valence-corrected chi connectivity index (χ2v) is 9.49. The first kappa shape index (κ1) is 22.1. The summed E-state index contributed by atoms with van der Waals surface area (Å²) >= 11 is 1.07. The summed E-state index contributed by atoms with van der Waals surface area (Å²) in [4.78, 5) is 25.6. The van der Waals surface area contributed by atoms with Crippen molar-refractivity contribution in [2.45, 2.75) is 19.8 Å². The number of hydrogen-bond donors (Lipinski definition) is 3. The minimum absolute atomic E-state index is 0.00635. The SMILES string of the molecule is CCCC(=O)Nc1cccc(-c2ccc3[nH]nc(-c4cc5c(-c6ccc(F)s6)nccc5[nH]4)c3n2)c1. The van der Waals surface area contributed by atoms with E-state index in [2.05, 4.69) is 25.5 Å². The first-order valence-corrected chi connectivity index (χ1v) is 12.4. The maximum absolute atomic E-state index is 13.7. The van der Waals surface area contributed by atoms with E-state index in [1.807, 2.05) is 55.5 Å². The fourth-order valence-electron chi connectivity index (χ4n) is 4.27. The quantitative estimate of drug-likeness (QED) is 0.237. The molecule has 36 heavy (non-hydrogen) atoms. The zero-order valence-corrected chi connectivity index (χ0v) is 20.1. The number of halogens is 1. The summed E-state index contributed by atoms with van der Waals surface area (Å²) in [7, 11) is 0. The van der Waals surface area contributed by atoms with Crippen molar-refractivity contribution >= 4 is 44.9 Å². The molecule has 1 amide bonds. The van der Waals surface area contributed by atoms with Gasteiger partial charge in [0.2, 0.25) is 5.91 Å². The summed E-state index contributed by atoms with van der Waals surface area (Å²) in [5, 5.41) is 11.2. The Balaban J connectivity index is 1.40. The minimum Gasteiger partial charge on any atom is -0.353 e. The van der Waals surface area contributed by atoms with Gasteiger partial charge in [-0.15, -0.1) is 11.3 Å². The lowest BCUT2D eigenvalue weighted by Crippen LogP contribution is -2.10. The van der Waals surface area contributed by atoms with Gasteiger partial charge in [-0.25, -0.2) is 4.98 Å². The van der Waals surface area contributed by atoms with Crippen LogP contribution in [0.5, 0.6) is 0 Å². The van der Waals surface area contributed by atoms with Crippen molar-refractivity contribution in [2.75, 3.05) is 5.32 Å². The number of amides is 1. The molecular weight excluding hydrogens is 475 g/mol. The summed E-state index contributed by atoms with van der Waals surface area (Å²) in [6, 6.07) is 18.6. The number of thiophene rings is 1. The third-order valence-corrected chi connectivity index (χ3v) is 6.82. The fraction of sp³-hybridized carbons (Fsp3) is 0.111. The molecule has 6 rings (SSSR count). The highest BCUT2D eigenvalue weighted by molar-refractivity contribution is 7.13. The number of benzene rings is 1. The van der Waals surface area contributed by atoms with E-state index >= 15 is 0 Å². The maximum Gasteiger partial charge on any atom is 0.224 e. The number of carbonyl (C=O) groups excluding carboxylic acids is 1. The predicted molar refractivity (Wildman–Crippen MR) is 141 cm³/mol. The molecule has 0 aliphatic heterocycles. The van der Waals surface area contributed by atoms with E-state index in [1.165, 1.54) is 6.07 Å². The Hall–Kier alpha value is -4.37. The molecule has 0 saturated heterocycles. The molecule has 0 atom stereocenters. The number of nitrogens with one attached hydrogen (secondary N) is 3. The highest BCUT2D eigenvalue weighted by Crippen LogP contribution is 2.35. The summed E-state index contributed by atoms with van der Waals surface area (Å²) in [5.74, 6) is -0.00635. The molecule has 0 aliphatic carbocycles. The molecule has 0 fully saturated rings. The Morgan fingerprint density at radius 2 is 1.97 bits per heavy atom. The number of pyridine rings is 2. The van der Waals surface area contributed by atoms with Crippen molar-refractivity contribution in [1.82, 2.24) is 25.1 Å². The first-order valence-electron chi connectivity index (χ1n) is 11.6. The lowest BCUT2D eigenvalue weighted by Gasteiger charge is -2.07. The van der Waals surface area contributed by atoms with Gasteiger partial charge in [-0.1, -0.05) is 19.1 Å². The second kappa shape index (κ2) is 9.01. The van der Waals surface area contributed by atoms with Gasteiger partial charge in [0.05, 0.1) is 27.5 Å². The summed E-state index contributed by atoms with van der Waals surface area (Å²) in [6.07, 6.45) is 2.99. The number of aromatic amines is 2. The second-order valence-electron chi connectivity index (χ2n) is 8.45. The molecule has 5 heterocycles. The van der Waals surface area contributed by atoms with Crippen molar-refractivity contribution in [2.24, 2.45) is 0 Å². The Bertz CT molecular complexity index is 1730. The zero-order valence-electron chi connectivity index (χ0n) is 19.3. The molecule has 6 aromatic rings. The Labute approximate surface area is 209 Å². The van der Waals surface area contributed by atoms with E-state index in [0.29, 0.717) is 12.1 Å². The molecule has 9 heteroatoms. The molecule has 0 aliphatic rings. The van der Waals surface area contributed by atoms with E-state index < -0.39 is 0 Å². The van der Waals surface area contributed by atoms with Crippen molar-refractivity contribution in [3.8, 4) is 33.2 Å². The fourth-order valence-corrected chi connectivity index (χ4v) is 5.02. The lowest BCUT2D eigenvalue weighted by atomic mass is 10.1. The van der Waals surface area contributed by atoms with E-state index in [1.54, 1.807) is 12.3 Å². The van der Waals surface area contributed by atoms with Gasteiger partial charge in [0, 0.05) is 34.8 Å². The summed E-state index contributed by atoms with van der Waals surface area (Å²) < 4.78 is 13.7. The Morgan fingerprint density at radius 1 is 1.06 bits per heavy atom. The maximum atomic E-state index is 13.7. The van der Waals surface area contributed by atoms with E-state index in [-0.39, 0.29) is 11.0 Å². The average molecular weight is 497 g/mol. The molecule has 7 nitrogen and oxygen atoms in total. The summed E-state index contributed by atoms with van der Waals surface area (Å²) in [6.45, 7) is 1.98. The van der Waals surface area contributed by atoms with Crippen molar-refractivity contribution < 1.29 is 9.18 Å². The highest BCUT2D eigenvalue weighted by Gasteiger charge is 2.17. The smallest absolute Gasteiger partial charge is 0.224 e. The molecule has 178 valence electrons. The minimum atomic E-state index is -0.247. The Morgan fingerprint density at radius 3 is 2.81 bits per heavy atom. The zero-order chi connectivity index (χ0) is 24.6. The van der Waals surface area contributed by atoms with Crippen LogP contribution in [0, 0.1) is 5.13 Å². The first-order chi connectivity index (χ1) is 17.6. The number of anilines is 1. The van der Waals surface area contributed by atoms with Gasteiger partial charge in [-0.3, -0.25) is 14.9 Å². The van der Waals surface area contributed by atoms with Crippen LogP contribution in [0.2, 0.25) is 0 Å². The molecule has 0 saturated carbocycles. The normalized spacial score (nSPS) is 11.4.